The highest BCUT2D eigenvalue weighted by atomic mass is 35.5. The Morgan fingerprint density at radius 2 is 1.50 bits per heavy atom. The van der Waals surface area contributed by atoms with Crippen molar-refractivity contribution in [3.8, 4) is 5.75 Å². The van der Waals surface area contributed by atoms with Gasteiger partial charge in [-0.25, -0.2) is 13.2 Å². The lowest BCUT2D eigenvalue weighted by atomic mass is 9.91. The van der Waals surface area contributed by atoms with Gasteiger partial charge in [0, 0.05) is 34.3 Å². The van der Waals surface area contributed by atoms with Crippen LogP contribution in [0, 0.1) is 17.5 Å². The zero-order valence-corrected chi connectivity index (χ0v) is 23.2. The number of alkyl halides is 3. The van der Waals surface area contributed by atoms with E-state index in [1.165, 1.54) is 37.4 Å². The molecule has 1 aliphatic rings. The molecule has 44 heavy (non-hydrogen) atoms. The first-order valence-electron chi connectivity index (χ1n) is 12.6. The summed E-state index contributed by atoms with van der Waals surface area (Å²) >= 11 is 6.05. The van der Waals surface area contributed by atoms with Crippen LogP contribution in [0.15, 0.2) is 70.3 Å². The van der Waals surface area contributed by atoms with E-state index in [2.05, 4.69) is 15.3 Å². The van der Waals surface area contributed by atoms with E-state index in [1.807, 2.05) is 0 Å². The minimum atomic E-state index is -4.85. The molecule has 15 heteroatoms. The molecule has 2 aromatic heterocycles. The van der Waals surface area contributed by atoms with Crippen molar-refractivity contribution in [3.63, 3.8) is 0 Å². The van der Waals surface area contributed by atoms with E-state index >= 15 is 0 Å². The minimum Gasteiger partial charge on any atom is -0.494 e. The van der Waals surface area contributed by atoms with Gasteiger partial charge < -0.3 is 30.5 Å². The Hall–Kier alpha value is -4.69. The van der Waals surface area contributed by atoms with Crippen molar-refractivity contribution in [3.05, 3.63) is 109 Å². The summed E-state index contributed by atoms with van der Waals surface area (Å²) in [5, 5.41) is 2.92. The number of nitrogens with one attached hydrogen (secondary N) is 3. The smallest absolute Gasteiger partial charge is 0.422 e. The molecule has 6 rings (SSSR count). The summed E-state index contributed by atoms with van der Waals surface area (Å²) in [5.74, 6) is -2.55. The second-order valence-electron chi connectivity index (χ2n) is 9.75. The molecular formula is C29H21ClF6N4O4. The molecule has 2 atom stereocenters. The van der Waals surface area contributed by atoms with Gasteiger partial charge in [0.15, 0.2) is 11.6 Å². The van der Waals surface area contributed by atoms with Crippen LogP contribution in [0.3, 0.4) is 0 Å². The number of ether oxygens (including phenoxy) is 2. The third-order valence-electron chi connectivity index (χ3n) is 6.95. The Balaban J connectivity index is 0.000000245. The number of nitrogen functional groups attached to an aromatic ring is 1. The molecule has 0 aliphatic carbocycles. The molecule has 0 spiro atoms. The molecule has 0 amide bonds. The highest BCUT2D eigenvalue weighted by molar-refractivity contribution is 6.31. The number of H-pyrrole nitrogens is 2. The zero-order valence-electron chi connectivity index (χ0n) is 22.4. The molecular weight excluding hydrogens is 618 g/mol. The van der Waals surface area contributed by atoms with Gasteiger partial charge in [0.2, 0.25) is 16.7 Å². The Morgan fingerprint density at radius 3 is 2.07 bits per heavy atom. The van der Waals surface area contributed by atoms with E-state index < -0.39 is 52.5 Å². The van der Waals surface area contributed by atoms with Crippen molar-refractivity contribution in [1.29, 1.82) is 0 Å². The maximum Gasteiger partial charge on any atom is 0.422 e. The third-order valence-corrected chi connectivity index (χ3v) is 7.33. The number of aromatic nitrogens is 2. The van der Waals surface area contributed by atoms with Crippen molar-refractivity contribution in [2.75, 3.05) is 24.8 Å². The van der Waals surface area contributed by atoms with E-state index in [4.69, 9.17) is 26.8 Å². The number of fused-ring (bicyclic) bond motifs is 2. The SMILES string of the molecule is COc1ccc(C(Nc2cc(F)cc3[nH]c(=O)ccc23)C2(C(F)(F)F)CO2)c(Cl)c1F.Nc1cc(F)cc2[nH]c(=O)ccc12. The highest BCUT2D eigenvalue weighted by Gasteiger charge is 2.71. The number of methoxy groups -OCH3 is 1. The fourth-order valence-electron chi connectivity index (χ4n) is 4.72. The monoisotopic (exact) mass is 638 g/mol. The lowest BCUT2D eigenvalue weighted by Gasteiger charge is -2.29. The number of epoxide rings is 1. The Labute approximate surface area is 248 Å². The first-order valence-corrected chi connectivity index (χ1v) is 13.0. The van der Waals surface area contributed by atoms with Gasteiger partial charge in [-0.1, -0.05) is 17.7 Å². The van der Waals surface area contributed by atoms with Gasteiger partial charge in [0.25, 0.3) is 0 Å². The lowest BCUT2D eigenvalue weighted by Crippen LogP contribution is -2.42. The summed E-state index contributed by atoms with van der Waals surface area (Å²) < 4.78 is 92.9. The van der Waals surface area contributed by atoms with E-state index in [1.54, 1.807) is 6.07 Å². The summed E-state index contributed by atoms with van der Waals surface area (Å²) in [7, 11) is 1.19. The van der Waals surface area contributed by atoms with Crippen LogP contribution in [0.5, 0.6) is 5.75 Å². The molecule has 1 saturated heterocycles. The Bertz CT molecular complexity index is 2010. The van der Waals surface area contributed by atoms with Crippen molar-refractivity contribution >= 4 is 44.8 Å². The topological polar surface area (TPSA) is 126 Å². The first kappa shape index (κ1) is 30.8. The van der Waals surface area contributed by atoms with Gasteiger partial charge in [-0.05, 0) is 48.0 Å². The standard InChI is InChI=1S/C20H14ClF5N2O3.C9H7FN2O/c1-30-14-4-2-11(16(21)17(14)23)18(19(8-31-19)20(24,25)26)28-13-7-9(22)6-12-10(13)3-5-15(29)27-12;10-5-3-7(11)6-1-2-9(13)12-8(6)4-5/h2-7,18,28H,8H2,1H3,(H,27,29);1-4H,11H2,(H,12,13). The van der Waals surface area contributed by atoms with E-state index in [9.17, 15) is 35.9 Å². The lowest BCUT2D eigenvalue weighted by molar-refractivity contribution is -0.188. The average molecular weight is 639 g/mol. The number of pyridine rings is 2. The van der Waals surface area contributed by atoms with Gasteiger partial charge in [-0.2, -0.15) is 13.2 Å². The van der Waals surface area contributed by atoms with Crippen LogP contribution in [-0.2, 0) is 4.74 Å². The second kappa shape index (κ2) is 11.4. The number of aromatic amines is 2. The van der Waals surface area contributed by atoms with Crippen molar-refractivity contribution in [1.82, 2.24) is 9.97 Å². The van der Waals surface area contributed by atoms with Gasteiger partial charge in [-0.3, -0.25) is 9.59 Å². The van der Waals surface area contributed by atoms with Gasteiger partial charge in [0.05, 0.1) is 35.8 Å². The molecule has 3 heterocycles. The molecule has 230 valence electrons. The Kier molecular flexibility index (Phi) is 7.99. The summed E-state index contributed by atoms with van der Waals surface area (Å²) in [5.41, 5.74) is 2.55. The number of rotatable bonds is 5. The minimum absolute atomic E-state index is 0.0670. The zero-order chi connectivity index (χ0) is 32.0. The maximum absolute atomic E-state index is 14.5. The van der Waals surface area contributed by atoms with Crippen LogP contribution in [0.2, 0.25) is 5.02 Å². The van der Waals surface area contributed by atoms with Crippen LogP contribution in [0.4, 0.5) is 37.7 Å². The van der Waals surface area contributed by atoms with Crippen molar-refractivity contribution < 1.29 is 35.8 Å². The van der Waals surface area contributed by atoms with Crippen LogP contribution in [-0.4, -0.2) is 35.5 Å². The number of hydrogen-bond acceptors (Lipinski definition) is 6. The van der Waals surface area contributed by atoms with Gasteiger partial charge >= 0.3 is 6.18 Å². The number of halogens is 7. The molecule has 0 bridgehead atoms. The summed E-state index contributed by atoms with van der Waals surface area (Å²) in [6.45, 7) is -0.706. The number of nitrogens with two attached hydrogens (primary N) is 1. The number of benzene rings is 3. The summed E-state index contributed by atoms with van der Waals surface area (Å²) in [6, 6.07) is 10.5. The van der Waals surface area contributed by atoms with Crippen LogP contribution in [0.1, 0.15) is 11.6 Å². The quantitative estimate of drug-likeness (QED) is 0.103. The second-order valence-corrected chi connectivity index (χ2v) is 10.1. The molecule has 1 fully saturated rings. The normalized spacial score (nSPS) is 16.7. The van der Waals surface area contributed by atoms with E-state index in [-0.39, 0.29) is 33.5 Å². The molecule has 3 aromatic carbocycles. The summed E-state index contributed by atoms with van der Waals surface area (Å²) in [4.78, 5) is 27.4. The summed E-state index contributed by atoms with van der Waals surface area (Å²) in [6.07, 6.45) is -4.85. The fraction of sp³-hybridized carbons (Fsp3) is 0.172. The number of anilines is 2. The van der Waals surface area contributed by atoms with Crippen LogP contribution in [0.25, 0.3) is 21.8 Å². The third kappa shape index (κ3) is 5.77. The van der Waals surface area contributed by atoms with Crippen molar-refractivity contribution in [2.24, 2.45) is 0 Å². The first-order chi connectivity index (χ1) is 20.7. The van der Waals surface area contributed by atoms with E-state index in [0.29, 0.717) is 16.6 Å². The molecule has 0 saturated carbocycles. The predicted octanol–water partition coefficient (Wildman–Crippen LogP) is 6.20. The number of hydrogen-bond donors (Lipinski definition) is 4. The van der Waals surface area contributed by atoms with Crippen molar-refractivity contribution in [2.45, 2.75) is 17.8 Å². The van der Waals surface area contributed by atoms with Crippen LogP contribution >= 0.6 is 11.6 Å². The Morgan fingerprint density at radius 1 is 0.932 bits per heavy atom. The van der Waals surface area contributed by atoms with Gasteiger partial charge in [0.1, 0.15) is 11.6 Å². The van der Waals surface area contributed by atoms with E-state index in [0.717, 1.165) is 24.3 Å². The largest absolute Gasteiger partial charge is 0.494 e. The highest BCUT2D eigenvalue weighted by Crippen LogP contribution is 2.54. The van der Waals surface area contributed by atoms with Gasteiger partial charge in [-0.15, -0.1) is 0 Å². The maximum atomic E-state index is 14.5. The molecule has 5 N–H and O–H groups in total. The van der Waals surface area contributed by atoms with Crippen LogP contribution < -0.4 is 26.9 Å². The fourth-order valence-corrected chi connectivity index (χ4v) is 4.98. The molecule has 0 radical (unpaired) electrons. The molecule has 2 unspecified atom stereocenters. The molecule has 5 aromatic rings. The predicted molar refractivity (Wildman–Crippen MR) is 153 cm³/mol. The average Bonchev–Trinajstić information content (AvgIpc) is 3.75. The molecule has 8 nitrogen and oxygen atoms in total. The molecule has 1 aliphatic heterocycles.